The van der Waals surface area contributed by atoms with Crippen molar-refractivity contribution in [3.63, 3.8) is 0 Å². The van der Waals surface area contributed by atoms with E-state index in [1.807, 2.05) is 43.3 Å². The predicted molar refractivity (Wildman–Crippen MR) is 69.2 cm³/mol. The summed E-state index contributed by atoms with van der Waals surface area (Å²) >= 11 is 5.90. The molecule has 17 heavy (non-hydrogen) atoms. The second-order valence-corrected chi connectivity index (χ2v) is 4.42. The Labute approximate surface area is 106 Å². The Hall–Kier alpha value is -1.38. The normalized spacial score (nSPS) is 14.3. The lowest BCUT2D eigenvalue weighted by atomic mass is 9.88. The van der Waals surface area contributed by atoms with E-state index < -0.39 is 5.60 Å². The highest BCUT2D eigenvalue weighted by atomic mass is 35.5. The van der Waals surface area contributed by atoms with Crippen molar-refractivity contribution in [2.75, 3.05) is 7.11 Å². The van der Waals surface area contributed by atoms with Crippen LogP contribution in [0.5, 0.6) is 0 Å². The third-order valence-electron chi connectivity index (χ3n) is 3.03. The molecule has 0 N–H and O–H groups in total. The topological polar surface area (TPSA) is 22.1 Å². The van der Waals surface area contributed by atoms with Crippen LogP contribution in [-0.4, -0.2) is 12.1 Å². The highest BCUT2D eigenvalue weighted by Gasteiger charge is 2.28. The van der Waals surface area contributed by atoms with Crippen LogP contribution in [-0.2, 0) is 10.3 Å². The molecule has 0 aliphatic rings. The molecule has 1 aromatic carbocycles. The van der Waals surface area contributed by atoms with Gasteiger partial charge < -0.3 is 4.74 Å². The molecule has 1 aromatic heterocycles. The van der Waals surface area contributed by atoms with Gasteiger partial charge in [0.15, 0.2) is 0 Å². The summed E-state index contributed by atoms with van der Waals surface area (Å²) in [5.74, 6) is 0. The van der Waals surface area contributed by atoms with Gasteiger partial charge in [0.1, 0.15) is 5.60 Å². The fraction of sp³-hybridized carbons (Fsp3) is 0.214. The summed E-state index contributed by atoms with van der Waals surface area (Å²) in [6.45, 7) is 2.03. The summed E-state index contributed by atoms with van der Waals surface area (Å²) in [6.07, 6.45) is 3.53. The van der Waals surface area contributed by atoms with Crippen LogP contribution < -0.4 is 0 Å². The molecule has 1 atom stereocenters. The second-order valence-electron chi connectivity index (χ2n) is 3.98. The third kappa shape index (κ3) is 2.33. The Morgan fingerprint density at radius 2 is 1.53 bits per heavy atom. The highest BCUT2D eigenvalue weighted by Crippen LogP contribution is 2.32. The lowest BCUT2D eigenvalue weighted by Crippen LogP contribution is -2.25. The summed E-state index contributed by atoms with van der Waals surface area (Å²) < 4.78 is 5.68. The highest BCUT2D eigenvalue weighted by molar-refractivity contribution is 6.30. The largest absolute Gasteiger partial charge is 0.369 e. The average molecular weight is 248 g/mol. The lowest BCUT2D eigenvalue weighted by molar-refractivity contribution is 0.0390. The Morgan fingerprint density at radius 3 is 2.06 bits per heavy atom. The SMILES string of the molecule is COC(C)(c1ccncc1)c1ccc(Cl)cc1. The Balaban J connectivity index is 2.48. The number of hydrogen-bond acceptors (Lipinski definition) is 2. The van der Waals surface area contributed by atoms with E-state index in [4.69, 9.17) is 16.3 Å². The van der Waals surface area contributed by atoms with Gasteiger partial charge in [0, 0.05) is 24.5 Å². The molecule has 0 fully saturated rings. The van der Waals surface area contributed by atoms with Gasteiger partial charge in [-0.2, -0.15) is 0 Å². The summed E-state index contributed by atoms with van der Waals surface area (Å²) in [5.41, 5.74) is 1.65. The number of nitrogens with zero attached hydrogens (tertiary/aromatic N) is 1. The molecule has 0 radical (unpaired) electrons. The van der Waals surface area contributed by atoms with E-state index in [1.54, 1.807) is 19.5 Å². The van der Waals surface area contributed by atoms with Gasteiger partial charge in [-0.25, -0.2) is 0 Å². The second kappa shape index (κ2) is 4.86. The van der Waals surface area contributed by atoms with Crippen LogP contribution in [0.1, 0.15) is 18.1 Å². The van der Waals surface area contributed by atoms with Crippen molar-refractivity contribution in [1.29, 1.82) is 0 Å². The van der Waals surface area contributed by atoms with Gasteiger partial charge in [0.25, 0.3) is 0 Å². The molecule has 3 heteroatoms. The minimum Gasteiger partial charge on any atom is -0.369 e. The third-order valence-corrected chi connectivity index (χ3v) is 3.29. The average Bonchev–Trinajstić information content (AvgIpc) is 2.40. The van der Waals surface area contributed by atoms with E-state index in [1.165, 1.54) is 0 Å². The molecule has 0 amide bonds. The van der Waals surface area contributed by atoms with E-state index in [2.05, 4.69) is 4.98 Å². The Morgan fingerprint density at radius 1 is 1.00 bits per heavy atom. The Kier molecular flexibility index (Phi) is 3.46. The van der Waals surface area contributed by atoms with E-state index >= 15 is 0 Å². The molecule has 88 valence electrons. The van der Waals surface area contributed by atoms with Crippen LogP contribution >= 0.6 is 11.6 Å². The minimum atomic E-state index is -0.479. The standard InChI is InChI=1S/C14H14ClNO/c1-14(17-2,12-7-9-16-10-8-12)11-3-5-13(15)6-4-11/h3-10H,1-2H3. The van der Waals surface area contributed by atoms with Gasteiger partial charge in [-0.1, -0.05) is 23.7 Å². The number of benzene rings is 1. The first kappa shape index (κ1) is 12.1. The first-order valence-electron chi connectivity index (χ1n) is 5.38. The van der Waals surface area contributed by atoms with Crippen LogP contribution in [0.15, 0.2) is 48.8 Å². The van der Waals surface area contributed by atoms with Crippen molar-refractivity contribution in [1.82, 2.24) is 4.98 Å². The fourth-order valence-corrected chi connectivity index (χ4v) is 1.97. The number of rotatable bonds is 3. The van der Waals surface area contributed by atoms with E-state index in [0.29, 0.717) is 0 Å². The van der Waals surface area contributed by atoms with Gasteiger partial charge in [-0.15, -0.1) is 0 Å². The van der Waals surface area contributed by atoms with Crippen LogP contribution in [0.25, 0.3) is 0 Å². The number of methoxy groups -OCH3 is 1. The summed E-state index contributed by atoms with van der Waals surface area (Å²) in [6, 6.07) is 11.6. The maximum Gasteiger partial charge on any atom is 0.115 e. The van der Waals surface area contributed by atoms with Gasteiger partial charge >= 0.3 is 0 Å². The molecule has 2 aromatic rings. The molecule has 0 bridgehead atoms. The zero-order chi connectivity index (χ0) is 12.3. The van der Waals surface area contributed by atoms with Crippen LogP contribution in [0.2, 0.25) is 5.02 Å². The van der Waals surface area contributed by atoms with E-state index in [0.717, 1.165) is 16.1 Å². The summed E-state index contributed by atoms with van der Waals surface area (Å²) in [7, 11) is 1.70. The van der Waals surface area contributed by atoms with Gasteiger partial charge in [-0.3, -0.25) is 4.98 Å². The monoisotopic (exact) mass is 247 g/mol. The number of aromatic nitrogens is 1. The van der Waals surface area contributed by atoms with Gasteiger partial charge in [0.2, 0.25) is 0 Å². The van der Waals surface area contributed by atoms with Crippen molar-refractivity contribution in [2.45, 2.75) is 12.5 Å². The predicted octanol–water partition coefficient (Wildman–Crippen LogP) is 3.64. The zero-order valence-electron chi connectivity index (χ0n) is 9.85. The van der Waals surface area contributed by atoms with E-state index in [9.17, 15) is 0 Å². The van der Waals surface area contributed by atoms with Gasteiger partial charge in [-0.05, 0) is 42.3 Å². The number of pyridine rings is 1. The molecule has 0 aliphatic carbocycles. The smallest absolute Gasteiger partial charge is 0.115 e. The van der Waals surface area contributed by atoms with Crippen LogP contribution in [0.3, 0.4) is 0 Å². The quantitative estimate of drug-likeness (QED) is 0.826. The molecule has 1 heterocycles. The molecule has 2 rings (SSSR count). The number of hydrogen-bond donors (Lipinski definition) is 0. The first-order chi connectivity index (χ1) is 8.16. The molecular formula is C14H14ClNO. The van der Waals surface area contributed by atoms with Crippen molar-refractivity contribution in [2.24, 2.45) is 0 Å². The molecule has 0 saturated carbocycles. The molecule has 1 unspecified atom stereocenters. The van der Waals surface area contributed by atoms with E-state index in [-0.39, 0.29) is 0 Å². The van der Waals surface area contributed by atoms with Crippen molar-refractivity contribution < 1.29 is 4.74 Å². The molecule has 0 spiro atoms. The minimum absolute atomic E-state index is 0.479. The fourth-order valence-electron chi connectivity index (χ4n) is 1.84. The molecule has 0 saturated heterocycles. The zero-order valence-corrected chi connectivity index (χ0v) is 10.6. The lowest BCUT2D eigenvalue weighted by Gasteiger charge is -2.29. The first-order valence-corrected chi connectivity index (χ1v) is 5.76. The summed E-state index contributed by atoms with van der Waals surface area (Å²) in [5, 5.41) is 0.724. The number of halogens is 1. The molecule has 2 nitrogen and oxygen atoms in total. The Bertz CT molecular complexity index is 483. The maximum atomic E-state index is 5.90. The van der Waals surface area contributed by atoms with Crippen molar-refractivity contribution >= 4 is 11.6 Å². The van der Waals surface area contributed by atoms with Crippen molar-refractivity contribution in [3.05, 3.63) is 64.9 Å². The molecular weight excluding hydrogens is 234 g/mol. The van der Waals surface area contributed by atoms with Crippen molar-refractivity contribution in [3.8, 4) is 0 Å². The summed E-state index contributed by atoms with van der Waals surface area (Å²) in [4.78, 5) is 4.02. The van der Waals surface area contributed by atoms with Crippen LogP contribution in [0, 0.1) is 0 Å². The maximum absolute atomic E-state index is 5.90. The number of ether oxygens (including phenoxy) is 1. The molecule has 0 aliphatic heterocycles. The van der Waals surface area contributed by atoms with Gasteiger partial charge in [0.05, 0.1) is 0 Å². The van der Waals surface area contributed by atoms with Crippen LogP contribution in [0.4, 0.5) is 0 Å².